The Morgan fingerprint density at radius 1 is 1.67 bits per heavy atom. The number of nitrogens with two attached hydrogens (primary N) is 1. The minimum atomic E-state index is -0.0602. The molecule has 0 fully saturated rings. The number of hydrogen-bond donors (Lipinski definition) is 1. The molecule has 12 heavy (non-hydrogen) atoms. The summed E-state index contributed by atoms with van der Waals surface area (Å²) < 4.78 is 0. The van der Waals surface area contributed by atoms with Crippen molar-refractivity contribution in [3.8, 4) is 0 Å². The van der Waals surface area contributed by atoms with Crippen LogP contribution in [0.4, 0.5) is 5.00 Å². The van der Waals surface area contributed by atoms with Gasteiger partial charge in [-0.3, -0.25) is 4.79 Å². The number of thiophene rings is 1. The molecule has 0 saturated heterocycles. The highest BCUT2D eigenvalue weighted by molar-refractivity contribution is 7.14. The van der Waals surface area contributed by atoms with E-state index in [2.05, 4.69) is 5.10 Å². The first-order valence-electron chi connectivity index (χ1n) is 3.47. The first kappa shape index (κ1) is 7.30. The minimum absolute atomic E-state index is 0.0602. The highest BCUT2D eigenvalue weighted by Gasteiger charge is 2.23. The van der Waals surface area contributed by atoms with E-state index in [-0.39, 0.29) is 12.3 Å². The molecule has 0 radical (unpaired) electrons. The Morgan fingerprint density at radius 3 is 3.00 bits per heavy atom. The van der Waals surface area contributed by atoms with Crippen molar-refractivity contribution in [3.05, 3.63) is 17.5 Å². The van der Waals surface area contributed by atoms with E-state index < -0.39 is 0 Å². The van der Waals surface area contributed by atoms with Crippen molar-refractivity contribution >= 4 is 28.1 Å². The number of rotatable bonds is 1. The van der Waals surface area contributed by atoms with Crippen LogP contribution >= 0.6 is 11.3 Å². The standard InChI is InChI=1S/C7H7N3OS/c8-5-4-6(11)10(9-5)7-2-1-3-12-7/h1-3H,4H2,(H2,8,9). The highest BCUT2D eigenvalue weighted by atomic mass is 32.1. The maximum absolute atomic E-state index is 11.2. The Hall–Kier alpha value is -1.36. The quantitative estimate of drug-likeness (QED) is 0.695. The molecular formula is C7H7N3OS. The van der Waals surface area contributed by atoms with Crippen molar-refractivity contribution in [2.24, 2.45) is 10.8 Å². The van der Waals surface area contributed by atoms with Gasteiger partial charge in [-0.1, -0.05) is 0 Å². The average molecular weight is 181 g/mol. The van der Waals surface area contributed by atoms with Gasteiger partial charge in [0.05, 0.1) is 6.42 Å². The molecule has 5 heteroatoms. The maximum atomic E-state index is 11.2. The lowest BCUT2D eigenvalue weighted by atomic mass is 10.4. The fraction of sp³-hybridized carbons (Fsp3) is 0.143. The monoisotopic (exact) mass is 181 g/mol. The van der Waals surface area contributed by atoms with Crippen LogP contribution in [-0.4, -0.2) is 11.7 Å². The van der Waals surface area contributed by atoms with Crippen LogP contribution in [0.1, 0.15) is 6.42 Å². The lowest BCUT2D eigenvalue weighted by molar-refractivity contribution is -0.116. The minimum Gasteiger partial charge on any atom is -0.385 e. The summed E-state index contributed by atoms with van der Waals surface area (Å²) in [6, 6.07) is 3.71. The Labute approximate surface area is 73.3 Å². The molecule has 0 bridgehead atoms. The molecule has 2 rings (SSSR count). The zero-order chi connectivity index (χ0) is 8.55. The van der Waals surface area contributed by atoms with Crippen LogP contribution in [0.15, 0.2) is 22.6 Å². The fourth-order valence-corrected chi connectivity index (χ4v) is 1.71. The number of anilines is 1. The summed E-state index contributed by atoms with van der Waals surface area (Å²) in [5.41, 5.74) is 5.41. The van der Waals surface area contributed by atoms with E-state index >= 15 is 0 Å². The maximum Gasteiger partial charge on any atom is 0.255 e. The van der Waals surface area contributed by atoms with Crippen LogP contribution < -0.4 is 10.7 Å². The second-order valence-electron chi connectivity index (χ2n) is 2.42. The largest absolute Gasteiger partial charge is 0.385 e. The van der Waals surface area contributed by atoms with Crippen LogP contribution in [0, 0.1) is 0 Å². The molecule has 0 atom stereocenters. The predicted octanol–water partition coefficient (Wildman–Crippen LogP) is 0.757. The predicted molar refractivity (Wildman–Crippen MR) is 48.0 cm³/mol. The molecule has 0 aromatic carbocycles. The topological polar surface area (TPSA) is 58.7 Å². The zero-order valence-corrected chi connectivity index (χ0v) is 7.04. The Balaban J connectivity index is 2.31. The number of nitrogens with zero attached hydrogens (tertiary/aromatic N) is 2. The molecule has 1 aliphatic heterocycles. The van der Waals surface area contributed by atoms with E-state index in [9.17, 15) is 4.79 Å². The average Bonchev–Trinajstić information content (AvgIpc) is 2.58. The molecule has 0 saturated carbocycles. The summed E-state index contributed by atoms with van der Waals surface area (Å²) >= 11 is 1.47. The van der Waals surface area contributed by atoms with E-state index in [1.54, 1.807) is 0 Å². The SMILES string of the molecule is NC1=NN(c2cccs2)C(=O)C1. The molecule has 0 unspecified atom stereocenters. The molecule has 4 nitrogen and oxygen atoms in total. The number of amides is 1. The third kappa shape index (κ3) is 1.08. The van der Waals surface area contributed by atoms with Crippen molar-refractivity contribution in [2.45, 2.75) is 6.42 Å². The normalized spacial score (nSPS) is 16.8. The summed E-state index contributed by atoms with van der Waals surface area (Å²) in [6.45, 7) is 0. The first-order valence-corrected chi connectivity index (χ1v) is 4.35. The molecule has 1 aromatic heterocycles. The van der Waals surface area contributed by atoms with E-state index in [0.717, 1.165) is 5.00 Å². The molecule has 2 N–H and O–H groups in total. The molecule has 1 amide bonds. The Morgan fingerprint density at radius 2 is 2.50 bits per heavy atom. The van der Waals surface area contributed by atoms with Crippen LogP contribution in [0.3, 0.4) is 0 Å². The van der Waals surface area contributed by atoms with Gasteiger partial charge in [0.25, 0.3) is 5.91 Å². The van der Waals surface area contributed by atoms with Gasteiger partial charge in [0.15, 0.2) is 0 Å². The Bertz CT molecular complexity index is 330. The first-order chi connectivity index (χ1) is 5.77. The van der Waals surface area contributed by atoms with Crippen molar-refractivity contribution in [2.75, 3.05) is 5.01 Å². The summed E-state index contributed by atoms with van der Waals surface area (Å²) in [5.74, 6) is 0.323. The van der Waals surface area contributed by atoms with Crippen LogP contribution in [-0.2, 0) is 4.79 Å². The molecular weight excluding hydrogens is 174 g/mol. The summed E-state index contributed by atoms with van der Waals surface area (Å²) in [6.07, 6.45) is 0.234. The van der Waals surface area contributed by atoms with E-state index in [1.165, 1.54) is 16.3 Å². The van der Waals surface area contributed by atoms with Crippen LogP contribution in [0.2, 0.25) is 0 Å². The molecule has 0 spiro atoms. The summed E-state index contributed by atoms with van der Waals surface area (Å²) in [4.78, 5) is 11.2. The second kappa shape index (κ2) is 2.60. The molecule has 1 aromatic rings. The molecule has 62 valence electrons. The third-order valence-electron chi connectivity index (χ3n) is 1.51. The number of hydrazone groups is 1. The summed E-state index contributed by atoms with van der Waals surface area (Å²) in [5, 5.41) is 7.96. The van der Waals surface area contributed by atoms with Crippen molar-refractivity contribution in [1.29, 1.82) is 0 Å². The van der Waals surface area contributed by atoms with Gasteiger partial charge in [-0.05, 0) is 17.5 Å². The van der Waals surface area contributed by atoms with Gasteiger partial charge in [0.2, 0.25) is 0 Å². The molecule has 0 aliphatic carbocycles. The second-order valence-corrected chi connectivity index (χ2v) is 3.35. The molecule has 2 heterocycles. The van der Waals surface area contributed by atoms with E-state index in [4.69, 9.17) is 5.73 Å². The highest BCUT2D eigenvalue weighted by Crippen LogP contribution is 2.24. The van der Waals surface area contributed by atoms with Crippen LogP contribution in [0.5, 0.6) is 0 Å². The number of carbonyl (C=O) groups is 1. The van der Waals surface area contributed by atoms with E-state index in [1.807, 2.05) is 17.5 Å². The van der Waals surface area contributed by atoms with Gasteiger partial charge in [-0.2, -0.15) is 10.1 Å². The van der Waals surface area contributed by atoms with Gasteiger partial charge in [0.1, 0.15) is 10.8 Å². The third-order valence-corrected chi connectivity index (χ3v) is 2.36. The van der Waals surface area contributed by atoms with Gasteiger partial charge >= 0.3 is 0 Å². The number of amidine groups is 1. The van der Waals surface area contributed by atoms with Gasteiger partial charge < -0.3 is 5.73 Å². The van der Waals surface area contributed by atoms with Gasteiger partial charge in [0, 0.05) is 0 Å². The van der Waals surface area contributed by atoms with Crippen molar-refractivity contribution in [3.63, 3.8) is 0 Å². The van der Waals surface area contributed by atoms with Gasteiger partial charge in [-0.15, -0.1) is 11.3 Å². The van der Waals surface area contributed by atoms with Crippen LogP contribution in [0.25, 0.3) is 0 Å². The number of carbonyl (C=O) groups excluding carboxylic acids is 1. The Kier molecular flexibility index (Phi) is 1.58. The lowest BCUT2D eigenvalue weighted by Gasteiger charge is -2.06. The fourth-order valence-electron chi connectivity index (χ4n) is 1.01. The smallest absolute Gasteiger partial charge is 0.255 e. The molecule has 1 aliphatic rings. The van der Waals surface area contributed by atoms with E-state index in [0.29, 0.717) is 5.84 Å². The number of hydrogen-bond acceptors (Lipinski definition) is 4. The lowest BCUT2D eigenvalue weighted by Crippen LogP contribution is -2.18. The van der Waals surface area contributed by atoms with Gasteiger partial charge in [-0.25, -0.2) is 0 Å². The summed E-state index contributed by atoms with van der Waals surface area (Å²) in [7, 11) is 0. The zero-order valence-electron chi connectivity index (χ0n) is 6.23. The van der Waals surface area contributed by atoms with Crippen molar-refractivity contribution in [1.82, 2.24) is 0 Å². The van der Waals surface area contributed by atoms with Crippen molar-refractivity contribution < 1.29 is 4.79 Å².